The molecule has 1 N–H and O–H groups in total. The van der Waals surface area contributed by atoms with E-state index in [1.165, 1.54) is 0 Å². The van der Waals surface area contributed by atoms with E-state index >= 15 is 0 Å². The highest BCUT2D eigenvalue weighted by molar-refractivity contribution is 6.30. The normalized spacial score (nSPS) is 12.8. The maximum atomic E-state index is 5.81. The van der Waals surface area contributed by atoms with Crippen LogP contribution in [0.4, 0.5) is 0 Å². The average molecular weight is 242 g/mol. The fraction of sp³-hybridized carbons (Fsp3) is 0.538. The maximum absolute atomic E-state index is 5.81. The van der Waals surface area contributed by atoms with Crippen LogP contribution in [-0.4, -0.2) is 19.2 Å². The first kappa shape index (κ1) is 13.3. The Morgan fingerprint density at radius 2 is 1.88 bits per heavy atom. The van der Waals surface area contributed by atoms with E-state index in [1.807, 2.05) is 24.3 Å². The molecule has 90 valence electrons. The molecule has 0 aliphatic carbocycles. The van der Waals surface area contributed by atoms with Gasteiger partial charge in [0.2, 0.25) is 0 Å². The summed E-state index contributed by atoms with van der Waals surface area (Å²) in [4.78, 5) is 0. The Morgan fingerprint density at radius 1 is 1.25 bits per heavy atom. The molecule has 0 radical (unpaired) electrons. The van der Waals surface area contributed by atoms with Crippen molar-refractivity contribution in [1.29, 1.82) is 0 Å². The first-order valence-electron chi connectivity index (χ1n) is 5.75. The molecule has 0 amide bonds. The lowest BCUT2D eigenvalue weighted by Gasteiger charge is -2.21. The SMILES string of the molecule is CCNC(COc1ccc(Cl)cc1)C(C)C. The van der Waals surface area contributed by atoms with E-state index in [4.69, 9.17) is 16.3 Å². The van der Waals surface area contributed by atoms with Crippen LogP contribution in [0.5, 0.6) is 5.75 Å². The van der Waals surface area contributed by atoms with Crippen LogP contribution in [0.25, 0.3) is 0 Å². The van der Waals surface area contributed by atoms with E-state index in [1.54, 1.807) is 0 Å². The first-order valence-corrected chi connectivity index (χ1v) is 6.13. The lowest BCUT2D eigenvalue weighted by Crippen LogP contribution is -2.38. The van der Waals surface area contributed by atoms with Gasteiger partial charge in [0.25, 0.3) is 0 Å². The summed E-state index contributed by atoms with van der Waals surface area (Å²) in [5.41, 5.74) is 0. The van der Waals surface area contributed by atoms with Crippen molar-refractivity contribution in [3.8, 4) is 5.75 Å². The Labute approximate surface area is 103 Å². The van der Waals surface area contributed by atoms with E-state index in [9.17, 15) is 0 Å². The molecule has 1 unspecified atom stereocenters. The molecule has 2 nitrogen and oxygen atoms in total. The summed E-state index contributed by atoms with van der Waals surface area (Å²) < 4.78 is 5.72. The molecule has 1 aromatic rings. The topological polar surface area (TPSA) is 21.3 Å². The molecule has 0 bridgehead atoms. The Morgan fingerprint density at radius 3 is 2.38 bits per heavy atom. The van der Waals surface area contributed by atoms with Gasteiger partial charge >= 0.3 is 0 Å². The van der Waals surface area contributed by atoms with Crippen molar-refractivity contribution < 1.29 is 4.74 Å². The van der Waals surface area contributed by atoms with Gasteiger partial charge in [-0.25, -0.2) is 0 Å². The van der Waals surface area contributed by atoms with Gasteiger partial charge < -0.3 is 10.1 Å². The summed E-state index contributed by atoms with van der Waals surface area (Å²) in [5.74, 6) is 1.43. The predicted octanol–water partition coefficient (Wildman–Crippen LogP) is 3.35. The molecule has 0 aliphatic heterocycles. The molecule has 3 heteroatoms. The summed E-state index contributed by atoms with van der Waals surface area (Å²) >= 11 is 5.81. The molecule has 0 saturated heterocycles. The van der Waals surface area contributed by atoms with Crippen molar-refractivity contribution in [2.75, 3.05) is 13.2 Å². The number of halogens is 1. The van der Waals surface area contributed by atoms with Gasteiger partial charge in [0.1, 0.15) is 12.4 Å². The van der Waals surface area contributed by atoms with Gasteiger partial charge in [-0.2, -0.15) is 0 Å². The van der Waals surface area contributed by atoms with Crippen LogP contribution in [0, 0.1) is 5.92 Å². The quantitative estimate of drug-likeness (QED) is 0.825. The fourth-order valence-electron chi connectivity index (χ4n) is 1.47. The number of ether oxygens (including phenoxy) is 1. The first-order chi connectivity index (χ1) is 7.63. The zero-order chi connectivity index (χ0) is 12.0. The molecule has 0 aliphatic rings. The highest BCUT2D eigenvalue weighted by atomic mass is 35.5. The third-order valence-electron chi connectivity index (χ3n) is 2.51. The Bertz CT molecular complexity index is 297. The van der Waals surface area contributed by atoms with E-state index < -0.39 is 0 Å². The van der Waals surface area contributed by atoms with Crippen molar-refractivity contribution in [2.24, 2.45) is 5.92 Å². The number of hydrogen-bond donors (Lipinski definition) is 1. The fourth-order valence-corrected chi connectivity index (χ4v) is 1.59. The standard InChI is InChI=1S/C13H20ClNO/c1-4-15-13(10(2)3)9-16-12-7-5-11(14)6-8-12/h5-8,10,13,15H,4,9H2,1-3H3. The minimum absolute atomic E-state index is 0.390. The van der Waals surface area contributed by atoms with Crippen molar-refractivity contribution in [3.63, 3.8) is 0 Å². The predicted molar refractivity (Wildman–Crippen MR) is 69.2 cm³/mol. The van der Waals surface area contributed by atoms with Crippen LogP contribution < -0.4 is 10.1 Å². The smallest absolute Gasteiger partial charge is 0.119 e. The van der Waals surface area contributed by atoms with E-state index in [-0.39, 0.29) is 0 Å². The van der Waals surface area contributed by atoms with Crippen LogP contribution in [0.2, 0.25) is 5.02 Å². The number of nitrogens with one attached hydrogen (secondary N) is 1. The highest BCUT2D eigenvalue weighted by Gasteiger charge is 2.12. The monoisotopic (exact) mass is 241 g/mol. The van der Waals surface area contributed by atoms with Crippen LogP contribution >= 0.6 is 11.6 Å². The second-order valence-corrected chi connectivity index (χ2v) is 4.61. The number of hydrogen-bond acceptors (Lipinski definition) is 2. The van der Waals surface area contributed by atoms with E-state index in [0.717, 1.165) is 17.3 Å². The Kier molecular flexibility index (Phi) is 5.64. The van der Waals surface area contributed by atoms with Gasteiger partial charge in [-0.1, -0.05) is 32.4 Å². The second-order valence-electron chi connectivity index (χ2n) is 4.17. The van der Waals surface area contributed by atoms with Gasteiger partial charge in [0, 0.05) is 11.1 Å². The van der Waals surface area contributed by atoms with Gasteiger partial charge in [-0.05, 0) is 36.7 Å². The zero-order valence-corrected chi connectivity index (χ0v) is 10.9. The summed E-state index contributed by atoms with van der Waals surface area (Å²) in [6, 6.07) is 7.86. The van der Waals surface area contributed by atoms with Crippen LogP contribution in [0.1, 0.15) is 20.8 Å². The lowest BCUT2D eigenvalue weighted by atomic mass is 10.1. The minimum Gasteiger partial charge on any atom is -0.492 e. The van der Waals surface area contributed by atoms with E-state index in [0.29, 0.717) is 18.6 Å². The lowest BCUT2D eigenvalue weighted by molar-refractivity contribution is 0.232. The van der Waals surface area contributed by atoms with E-state index in [2.05, 4.69) is 26.1 Å². The molecule has 1 aromatic carbocycles. The van der Waals surface area contributed by atoms with Crippen molar-refractivity contribution >= 4 is 11.6 Å². The Hall–Kier alpha value is -0.730. The minimum atomic E-state index is 0.390. The van der Waals surface area contributed by atoms with Crippen LogP contribution in [0.15, 0.2) is 24.3 Å². The molecule has 0 aromatic heterocycles. The summed E-state index contributed by atoms with van der Waals surface area (Å²) in [5, 5.41) is 4.15. The molecular formula is C13H20ClNO. The van der Waals surface area contributed by atoms with Crippen LogP contribution in [-0.2, 0) is 0 Å². The largest absolute Gasteiger partial charge is 0.492 e. The van der Waals surface area contributed by atoms with Crippen molar-refractivity contribution in [1.82, 2.24) is 5.32 Å². The average Bonchev–Trinajstić information content (AvgIpc) is 2.26. The second kappa shape index (κ2) is 6.77. The third kappa shape index (κ3) is 4.42. The molecule has 1 atom stereocenters. The molecule has 0 fully saturated rings. The van der Waals surface area contributed by atoms with Gasteiger partial charge in [-0.15, -0.1) is 0 Å². The summed E-state index contributed by atoms with van der Waals surface area (Å²) in [6.07, 6.45) is 0. The number of rotatable bonds is 6. The maximum Gasteiger partial charge on any atom is 0.119 e. The zero-order valence-electron chi connectivity index (χ0n) is 10.2. The Balaban J connectivity index is 2.45. The van der Waals surface area contributed by atoms with Gasteiger partial charge in [0.15, 0.2) is 0 Å². The highest BCUT2D eigenvalue weighted by Crippen LogP contribution is 2.16. The van der Waals surface area contributed by atoms with Gasteiger partial charge in [0.05, 0.1) is 0 Å². The number of likely N-dealkylation sites (N-methyl/N-ethyl adjacent to an activating group) is 1. The van der Waals surface area contributed by atoms with Crippen LogP contribution in [0.3, 0.4) is 0 Å². The molecule has 16 heavy (non-hydrogen) atoms. The van der Waals surface area contributed by atoms with Gasteiger partial charge in [-0.3, -0.25) is 0 Å². The number of benzene rings is 1. The molecule has 0 saturated carbocycles. The third-order valence-corrected chi connectivity index (χ3v) is 2.77. The van der Waals surface area contributed by atoms with Crippen molar-refractivity contribution in [2.45, 2.75) is 26.8 Å². The molecule has 0 heterocycles. The van der Waals surface area contributed by atoms with Crippen molar-refractivity contribution in [3.05, 3.63) is 29.3 Å². The molecule has 1 rings (SSSR count). The summed E-state index contributed by atoms with van der Waals surface area (Å²) in [6.45, 7) is 8.15. The molecular weight excluding hydrogens is 222 g/mol. The molecule has 0 spiro atoms. The summed E-state index contributed by atoms with van der Waals surface area (Å²) in [7, 11) is 0.